The van der Waals surface area contributed by atoms with Crippen molar-refractivity contribution in [1.82, 2.24) is 10.1 Å². The first-order valence-electron chi connectivity index (χ1n) is 6.21. The first-order valence-corrected chi connectivity index (χ1v) is 6.21. The standard InChI is InChI=1S/C12H21N3O/c1-8(2)5-9(7-13)6-11-14-12(15-16-11)10-3-4-10/h8-10H,3-7,13H2,1-2H3/t9-/m0/s1. The van der Waals surface area contributed by atoms with Crippen molar-refractivity contribution in [3.05, 3.63) is 11.7 Å². The van der Waals surface area contributed by atoms with Crippen LogP contribution >= 0.6 is 0 Å². The van der Waals surface area contributed by atoms with Crippen LogP contribution in [0, 0.1) is 11.8 Å². The predicted octanol–water partition coefficient (Wildman–Crippen LogP) is 2.11. The molecule has 0 radical (unpaired) electrons. The van der Waals surface area contributed by atoms with Gasteiger partial charge in [-0.25, -0.2) is 0 Å². The molecule has 0 aromatic carbocycles. The molecular formula is C12H21N3O. The molecule has 1 atom stereocenters. The summed E-state index contributed by atoms with van der Waals surface area (Å²) in [7, 11) is 0. The smallest absolute Gasteiger partial charge is 0.226 e. The van der Waals surface area contributed by atoms with Gasteiger partial charge in [0.25, 0.3) is 0 Å². The van der Waals surface area contributed by atoms with Crippen LogP contribution in [0.15, 0.2) is 4.52 Å². The van der Waals surface area contributed by atoms with Crippen molar-refractivity contribution in [2.75, 3.05) is 6.54 Å². The molecule has 90 valence electrons. The van der Waals surface area contributed by atoms with Crippen LogP contribution in [0.5, 0.6) is 0 Å². The van der Waals surface area contributed by atoms with Crippen molar-refractivity contribution in [2.24, 2.45) is 17.6 Å². The Morgan fingerprint density at radius 2 is 2.19 bits per heavy atom. The molecule has 0 saturated heterocycles. The van der Waals surface area contributed by atoms with E-state index in [4.69, 9.17) is 10.3 Å². The van der Waals surface area contributed by atoms with Gasteiger partial charge in [0.1, 0.15) is 0 Å². The number of rotatable bonds is 6. The van der Waals surface area contributed by atoms with E-state index in [9.17, 15) is 0 Å². The van der Waals surface area contributed by atoms with E-state index in [0.29, 0.717) is 24.3 Å². The van der Waals surface area contributed by atoms with Gasteiger partial charge >= 0.3 is 0 Å². The minimum Gasteiger partial charge on any atom is -0.339 e. The van der Waals surface area contributed by atoms with E-state index in [2.05, 4.69) is 24.0 Å². The molecule has 2 rings (SSSR count). The lowest BCUT2D eigenvalue weighted by Crippen LogP contribution is -2.19. The minimum atomic E-state index is 0.465. The van der Waals surface area contributed by atoms with E-state index in [1.807, 2.05) is 0 Å². The third-order valence-electron chi connectivity index (χ3n) is 3.03. The summed E-state index contributed by atoms with van der Waals surface area (Å²) in [6.45, 7) is 5.12. The van der Waals surface area contributed by atoms with Gasteiger partial charge in [-0.05, 0) is 37.6 Å². The van der Waals surface area contributed by atoms with Gasteiger partial charge in [-0.3, -0.25) is 0 Å². The highest BCUT2D eigenvalue weighted by atomic mass is 16.5. The third-order valence-corrected chi connectivity index (χ3v) is 3.03. The number of hydrogen-bond donors (Lipinski definition) is 1. The van der Waals surface area contributed by atoms with Crippen molar-refractivity contribution in [3.8, 4) is 0 Å². The van der Waals surface area contributed by atoms with Crippen LogP contribution < -0.4 is 5.73 Å². The highest BCUT2D eigenvalue weighted by molar-refractivity contribution is 5.03. The number of nitrogens with zero attached hydrogens (tertiary/aromatic N) is 2. The van der Waals surface area contributed by atoms with Gasteiger partial charge in [0.15, 0.2) is 5.82 Å². The van der Waals surface area contributed by atoms with Crippen LogP contribution in [-0.2, 0) is 6.42 Å². The first-order chi connectivity index (χ1) is 7.69. The van der Waals surface area contributed by atoms with E-state index >= 15 is 0 Å². The molecule has 16 heavy (non-hydrogen) atoms. The normalized spacial score (nSPS) is 18.0. The molecule has 0 aliphatic heterocycles. The molecule has 1 aliphatic rings. The van der Waals surface area contributed by atoms with Crippen LogP contribution in [0.3, 0.4) is 0 Å². The molecule has 1 fully saturated rings. The van der Waals surface area contributed by atoms with Crippen LogP contribution in [0.4, 0.5) is 0 Å². The second-order valence-corrected chi connectivity index (χ2v) is 5.26. The van der Waals surface area contributed by atoms with Gasteiger partial charge < -0.3 is 10.3 Å². The molecule has 1 heterocycles. The van der Waals surface area contributed by atoms with Crippen LogP contribution in [0.2, 0.25) is 0 Å². The van der Waals surface area contributed by atoms with E-state index in [1.165, 1.54) is 12.8 Å². The van der Waals surface area contributed by atoms with Crippen LogP contribution in [0.1, 0.15) is 50.7 Å². The monoisotopic (exact) mass is 223 g/mol. The first kappa shape index (κ1) is 11.6. The third kappa shape index (κ3) is 3.04. The maximum Gasteiger partial charge on any atom is 0.226 e. The average molecular weight is 223 g/mol. The zero-order valence-corrected chi connectivity index (χ0v) is 10.1. The topological polar surface area (TPSA) is 64.9 Å². The number of aromatic nitrogens is 2. The molecule has 1 aromatic heterocycles. The summed E-state index contributed by atoms with van der Waals surface area (Å²) in [5, 5.41) is 4.02. The van der Waals surface area contributed by atoms with Gasteiger partial charge in [-0.1, -0.05) is 19.0 Å². The Morgan fingerprint density at radius 1 is 1.44 bits per heavy atom. The fraction of sp³-hybridized carbons (Fsp3) is 0.833. The summed E-state index contributed by atoms with van der Waals surface area (Å²) in [4.78, 5) is 4.43. The van der Waals surface area contributed by atoms with E-state index in [-0.39, 0.29) is 0 Å². The van der Waals surface area contributed by atoms with Gasteiger partial charge in [-0.15, -0.1) is 0 Å². The summed E-state index contributed by atoms with van der Waals surface area (Å²) in [5.41, 5.74) is 5.76. The summed E-state index contributed by atoms with van der Waals surface area (Å²) in [6.07, 6.45) is 4.38. The van der Waals surface area contributed by atoms with Crippen LogP contribution in [0.25, 0.3) is 0 Å². The zero-order chi connectivity index (χ0) is 11.5. The Hall–Kier alpha value is -0.900. The van der Waals surface area contributed by atoms with E-state index in [0.717, 1.165) is 24.6 Å². The maximum atomic E-state index is 5.76. The van der Waals surface area contributed by atoms with Crippen molar-refractivity contribution < 1.29 is 4.52 Å². The Balaban J connectivity index is 1.90. The highest BCUT2D eigenvalue weighted by Gasteiger charge is 2.29. The molecule has 1 aliphatic carbocycles. The van der Waals surface area contributed by atoms with Crippen molar-refractivity contribution in [2.45, 2.75) is 45.4 Å². The summed E-state index contributed by atoms with van der Waals surface area (Å²) >= 11 is 0. The predicted molar refractivity (Wildman–Crippen MR) is 62.0 cm³/mol. The van der Waals surface area contributed by atoms with Crippen molar-refractivity contribution in [1.29, 1.82) is 0 Å². The van der Waals surface area contributed by atoms with Gasteiger partial charge in [0.2, 0.25) is 5.89 Å². The average Bonchev–Trinajstić information content (AvgIpc) is 2.98. The number of hydrogen-bond acceptors (Lipinski definition) is 4. The molecule has 0 bridgehead atoms. The molecular weight excluding hydrogens is 202 g/mol. The fourth-order valence-electron chi connectivity index (χ4n) is 2.03. The largest absolute Gasteiger partial charge is 0.339 e. The zero-order valence-electron chi connectivity index (χ0n) is 10.1. The maximum absolute atomic E-state index is 5.76. The Bertz CT molecular complexity index is 331. The van der Waals surface area contributed by atoms with Gasteiger partial charge in [-0.2, -0.15) is 4.98 Å². The highest BCUT2D eigenvalue weighted by Crippen LogP contribution is 2.38. The molecule has 1 aromatic rings. The van der Waals surface area contributed by atoms with E-state index in [1.54, 1.807) is 0 Å². The molecule has 1 saturated carbocycles. The fourth-order valence-corrected chi connectivity index (χ4v) is 2.03. The van der Waals surface area contributed by atoms with E-state index < -0.39 is 0 Å². The number of nitrogens with two attached hydrogens (primary N) is 1. The summed E-state index contributed by atoms with van der Waals surface area (Å²) in [5.74, 6) is 3.36. The van der Waals surface area contributed by atoms with Crippen molar-refractivity contribution >= 4 is 0 Å². The second-order valence-electron chi connectivity index (χ2n) is 5.26. The lowest BCUT2D eigenvalue weighted by atomic mass is 9.94. The van der Waals surface area contributed by atoms with Gasteiger partial charge in [0.05, 0.1) is 0 Å². The summed E-state index contributed by atoms with van der Waals surface area (Å²) < 4.78 is 5.26. The lowest BCUT2D eigenvalue weighted by molar-refractivity contribution is 0.329. The molecule has 0 spiro atoms. The SMILES string of the molecule is CC(C)C[C@H](CN)Cc1nc(C2CC2)no1. The Kier molecular flexibility index (Phi) is 3.59. The molecule has 4 heteroatoms. The van der Waals surface area contributed by atoms with Crippen LogP contribution in [-0.4, -0.2) is 16.7 Å². The Morgan fingerprint density at radius 3 is 2.75 bits per heavy atom. The quantitative estimate of drug-likeness (QED) is 0.802. The molecule has 0 unspecified atom stereocenters. The molecule has 4 nitrogen and oxygen atoms in total. The minimum absolute atomic E-state index is 0.465. The molecule has 0 amide bonds. The van der Waals surface area contributed by atoms with Gasteiger partial charge in [0, 0.05) is 12.3 Å². The van der Waals surface area contributed by atoms with Crippen molar-refractivity contribution in [3.63, 3.8) is 0 Å². The Labute approximate surface area is 96.6 Å². The summed E-state index contributed by atoms with van der Waals surface area (Å²) in [6, 6.07) is 0. The molecule has 2 N–H and O–H groups in total. The lowest BCUT2D eigenvalue weighted by Gasteiger charge is -2.14. The second kappa shape index (κ2) is 4.95.